The number of hydrogen-bond donors (Lipinski definition) is 2. The number of likely N-dealkylation sites (N-methyl/N-ethyl adjacent to an activating group) is 1. The van der Waals surface area contributed by atoms with Gasteiger partial charge in [0.25, 0.3) is 0 Å². The number of nitrogens with one attached hydrogen (secondary N) is 1. The third kappa shape index (κ3) is 4.41. The lowest BCUT2D eigenvalue weighted by molar-refractivity contribution is -0.117. The maximum absolute atomic E-state index is 12.1. The summed E-state index contributed by atoms with van der Waals surface area (Å²) >= 11 is 1.42. The number of aromatic nitrogens is 1. The fraction of sp³-hybridized carbons (Fsp3) is 0.444. The molecular weight excluding hydrogens is 322 g/mol. The Morgan fingerprint density at radius 2 is 1.96 bits per heavy atom. The Labute approximate surface area is 147 Å². The van der Waals surface area contributed by atoms with Crippen molar-refractivity contribution in [3.05, 3.63) is 34.2 Å². The van der Waals surface area contributed by atoms with E-state index in [1.807, 2.05) is 19.4 Å². The van der Waals surface area contributed by atoms with E-state index in [1.54, 1.807) is 4.90 Å². The quantitative estimate of drug-likeness (QED) is 0.843. The van der Waals surface area contributed by atoms with E-state index in [0.717, 1.165) is 11.3 Å². The minimum absolute atomic E-state index is 0.0250. The van der Waals surface area contributed by atoms with Crippen molar-refractivity contribution in [2.45, 2.75) is 33.7 Å². The molecule has 1 atom stereocenters. The van der Waals surface area contributed by atoms with Crippen molar-refractivity contribution in [2.75, 3.05) is 25.5 Å². The molecule has 2 rings (SSSR count). The van der Waals surface area contributed by atoms with Crippen LogP contribution in [0.4, 0.5) is 5.13 Å². The summed E-state index contributed by atoms with van der Waals surface area (Å²) < 4.78 is 0. The van der Waals surface area contributed by atoms with Crippen molar-refractivity contribution >= 4 is 22.4 Å². The zero-order chi connectivity index (χ0) is 17.9. The van der Waals surface area contributed by atoms with Crippen LogP contribution in [0.25, 0.3) is 11.3 Å². The highest BCUT2D eigenvalue weighted by atomic mass is 32.1. The van der Waals surface area contributed by atoms with Gasteiger partial charge in [0.05, 0.1) is 18.8 Å². The highest BCUT2D eigenvalue weighted by molar-refractivity contribution is 7.14. The van der Waals surface area contributed by atoms with Crippen LogP contribution in [0.2, 0.25) is 0 Å². The molecule has 0 saturated heterocycles. The van der Waals surface area contributed by atoms with Crippen molar-refractivity contribution in [1.29, 1.82) is 0 Å². The van der Waals surface area contributed by atoms with Gasteiger partial charge in [-0.25, -0.2) is 4.98 Å². The molecule has 0 radical (unpaired) electrons. The van der Waals surface area contributed by atoms with E-state index in [0.29, 0.717) is 5.13 Å². The summed E-state index contributed by atoms with van der Waals surface area (Å²) in [6.07, 6.45) is 0. The normalized spacial score (nSPS) is 12.5. The van der Waals surface area contributed by atoms with E-state index in [-0.39, 0.29) is 25.1 Å². The first-order valence-corrected chi connectivity index (χ1v) is 8.84. The topological polar surface area (TPSA) is 65.5 Å². The molecule has 1 amide bonds. The van der Waals surface area contributed by atoms with Crippen LogP contribution in [-0.4, -0.2) is 47.1 Å². The number of rotatable bonds is 6. The first-order chi connectivity index (χ1) is 11.3. The van der Waals surface area contributed by atoms with Crippen LogP contribution in [0.15, 0.2) is 17.5 Å². The molecule has 6 heteroatoms. The molecule has 24 heavy (non-hydrogen) atoms. The van der Waals surface area contributed by atoms with E-state index in [9.17, 15) is 4.79 Å². The van der Waals surface area contributed by atoms with Crippen LogP contribution in [0.3, 0.4) is 0 Å². The van der Waals surface area contributed by atoms with Crippen LogP contribution < -0.4 is 5.32 Å². The van der Waals surface area contributed by atoms with Crippen molar-refractivity contribution in [1.82, 2.24) is 9.88 Å². The third-order valence-electron chi connectivity index (χ3n) is 4.09. The highest BCUT2D eigenvalue weighted by Crippen LogP contribution is 2.31. The number of carbonyl (C=O) groups is 1. The molecule has 2 aromatic rings. The molecule has 0 spiro atoms. The van der Waals surface area contributed by atoms with Crippen LogP contribution in [0.5, 0.6) is 0 Å². The fourth-order valence-corrected chi connectivity index (χ4v) is 3.43. The summed E-state index contributed by atoms with van der Waals surface area (Å²) in [5.41, 5.74) is 5.63. The maximum Gasteiger partial charge on any atom is 0.240 e. The minimum Gasteiger partial charge on any atom is -0.395 e. The standard InChI is InChI=1S/C18H25N3O2S/c1-11-6-12(2)17(13(3)7-11)15-10-24-18(19-15)20-16(23)8-21(5)14(4)9-22/h6-7,10,14,22H,8-9H2,1-5H3,(H,19,20,23). The minimum atomic E-state index is -0.129. The largest absolute Gasteiger partial charge is 0.395 e. The Morgan fingerprint density at radius 1 is 1.33 bits per heavy atom. The summed E-state index contributed by atoms with van der Waals surface area (Å²) in [5, 5.41) is 14.5. The van der Waals surface area contributed by atoms with Crippen LogP contribution in [0, 0.1) is 20.8 Å². The molecule has 0 bridgehead atoms. The maximum atomic E-state index is 12.1. The summed E-state index contributed by atoms with van der Waals surface area (Å²) in [6, 6.07) is 4.23. The predicted octanol–water partition coefficient (Wildman–Crippen LogP) is 2.99. The zero-order valence-electron chi connectivity index (χ0n) is 14.9. The first-order valence-electron chi connectivity index (χ1n) is 7.96. The van der Waals surface area contributed by atoms with Crippen molar-refractivity contribution in [3.63, 3.8) is 0 Å². The van der Waals surface area contributed by atoms with Gasteiger partial charge < -0.3 is 10.4 Å². The number of hydrogen-bond acceptors (Lipinski definition) is 5. The number of aryl methyl sites for hydroxylation is 3. The van der Waals surface area contributed by atoms with Gasteiger partial charge in [-0.05, 0) is 45.9 Å². The second-order valence-corrected chi connectivity index (χ2v) is 7.16. The average molecular weight is 347 g/mol. The van der Waals surface area contributed by atoms with Crippen molar-refractivity contribution in [2.24, 2.45) is 0 Å². The number of nitrogens with zero attached hydrogens (tertiary/aromatic N) is 2. The van der Waals surface area contributed by atoms with Crippen LogP contribution in [0.1, 0.15) is 23.6 Å². The number of aliphatic hydroxyl groups excluding tert-OH is 1. The Hall–Kier alpha value is -1.76. The molecule has 1 aromatic carbocycles. The van der Waals surface area contributed by atoms with Gasteiger partial charge in [-0.15, -0.1) is 11.3 Å². The molecular formula is C18H25N3O2S. The number of anilines is 1. The molecule has 1 aromatic heterocycles. The molecule has 0 aliphatic carbocycles. The Balaban J connectivity index is 2.10. The summed E-state index contributed by atoms with van der Waals surface area (Å²) in [7, 11) is 1.81. The monoisotopic (exact) mass is 347 g/mol. The van der Waals surface area contributed by atoms with Gasteiger partial charge in [-0.3, -0.25) is 9.69 Å². The van der Waals surface area contributed by atoms with Crippen molar-refractivity contribution in [3.8, 4) is 11.3 Å². The molecule has 5 nitrogen and oxygen atoms in total. The van der Waals surface area contributed by atoms with Crippen molar-refractivity contribution < 1.29 is 9.90 Å². The first kappa shape index (κ1) is 18.6. The smallest absolute Gasteiger partial charge is 0.240 e. The highest BCUT2D eigenvalue weighted by Gasteiger charge is 2.15. The number of amides is 1. The lowest BCUT2D eigenvalue weighted by Gasteiger charge is -2.21. The van der Waals surface area contributed by atoms with Crippen LogP contribution >= 0.6 is 11.3 Å². The molecule has 130 valence electrons. The SMILES string of the molecule is Cc1cc(C)c(-c2csc(NC(=O)CN(C)C(C)CO)n2)c(C)c1. The lowest BCUT2D eigenvalue weighted by atomic mass is 9.98. The Kier molecular flexibility index (Phi) is 6.10. The molecule has 0 saturated carbocycles. The molecule has 2 N–H and O–H groups in total. The summed E-state index contributed by atoms with van der Waals surface area (Å²) in [6.45, 7) is 8.37. The van der Waals surface area contributed by atoms with Gasteiger partial charge in [0.2, 0.25) is 5.91 Å². The average Bonchev–Trinajstić information content (AvgIpc) is 2.92. The predicted molar refractivity (Wildman–Crippen MR) is 99.6 cm³/mol. The van der Waals surface area contributed by atoms with E-state index in [2.05, 4.69) is 43.2 Å². The molecule has 1 unspecified atom stereocenters. The lowest BCUT2D eigenvalue weighted by Crippen LogP contribution is -2.38. The van der Waals surface area contributed by atoms with E-state index in [1.165, 1.54) is 28.0 Å². The fourth-order valence-electron chi connectivity index (χ4n) is 2.71. The van der Waals surface area contributed by atoms with Crippen LogP contribution in [-0.2, 0) is 4.79 Å². The van der Waals surface area contributed by atoms with Gasteiger partial charge in [-0.1, -0.05) is 17.7 Å². The summed E-state index contributed by atoms with van der Waals surface area (Å²) in [4.78, 5) is 18.5. The van der Waals surface area contributed by atoms with Gasteiger partial charge in [0, 0.05) is 17.0 Å². The van der Waals surface area contributed by atoms with E-state index >= 15 is 0 Å². The van der Waals surface area contributed by atoms with Gasteiger partial charge >= 0.3 is 0 Å². The second kappa shape index (κ2) is 7.88. The number of carbonyl (C=O) groups excluding carboxylic acids is 1. The number of aliphatic hydroxyl groups is 1. The third-order valence-corrected chi connectivity index (χ3v) is 4.85. The molecule has 0 aliphatic rings. The molecule has 0 fully saturated rings. The summed E-state index contributed by atoms with van der Waals surface area (Å²) in [5.74, 6) is -0.129. The van der Waals surface area contributed by atoms with Gasteiger partial charge in [0.1, 0.15) is 0 Å². The zero-order valence-corrected chi connectivity index (χ0v) is 15.7. The Bertz CT molecular complexity index is 704. The van der Waals surface area contributed by atoms with Gasteiger partial charge in [0.15, 0.2) is 5.13 Å². The van der Waals surface area contributed by atoms with E-state index in [4.69, 9.17) is 5.11 Å². The second-order valence-electron chi connectivity index (χ2n) is 6.31. The molecule has 0 aliphatic heterocycles. The number of thiazole rings is 1. The van der Waals surface area contributed by atoms with E-state index < -0.39 is 0 Å². The Morgan fingerprint density at radius 3 is 2.54 bits per heavy atom. The molecule has 1 heterocycles. The number of benzene rings is 1. The van der Waals surface area contributed by atoms with Gasteiger partial charge in [-0.2, -0.15) is 0 Å².